The van der Waals surface area contributed by atoms with E-state index >= 15 is 0 Å². The molecule has 0 aliphatic heterocycles. The fourth-order valence-corrected chi connectivity index (χ4v) is 2.69. The van der Waals surface area contributed by atoms with E-state index < -0.39 is 0 Å². The van der Waals surface area contributed by atoms with Crippen molar-refractivity contribution in [3.63, 3.8) is 0 Å². The average molecular weight is 348 g/mol. The van der Waals surface area contributed by atoms with Crippen molar-refractivity contribution in [2.75, 3.05) is 12.3 Å². The number of rotatable bonds is 6. The molecule has 3 heteroatoms. The average Bonchev–Trinajstić information content (AvgIpc) is 2.44. The van der Waals surface area contributed by atoms with Gasteiger partial charge in [0.1, 0.15) is 5.75 Å². The van der Waals surface area contributed by atoms with Gasteiger partial charge in [0.05, 0.1) is 6.61 Å². The van der Waals surface area contributed by atoms with Crippen LogP contribution in [0.4, 0.5) is 5.69 Å². The number of benzene rings is 2. The summed E-state index contributed by atoms with van der Waals surface area (Å²) < 4.78 is 7.05. The number of nitrogen functional groups attached to an aromatic ring is 1. The van der Waals surface area contributed by atoms with Gasteiger partial charge >= 0.3 is 0 Å². The zero-order valence-corrected chi connectivity index (χ0v) is 14.2. The van der Waals surface area contributed by atoms with Crippen molar-refractivity contribution in [2.24, 2.45) is 0 Å². The van der Waals surface area contributed by atoms with Crippen LogP contribution in [-0.2, 0) is 6.42 Å². The van der Waals surface area contributed by atoms with Crippen molar-refractivity contribution in [3.05, 3.63) is 58.1 Å². The smallest absolute Gasteiger partial charge is 0.122 e. The van der Waals surface area contributed by atoms with Gasteiger partial charge in [-0.1, -0.05) is 41.9 Å². The predicted octanol–water partition coefficient (Wildman–Crippen LogP) is 5.17. The fraction of sp³-hybridized carbons (Fsp3) is 0.333. The van der Waals surface area contributed by atoms with Gasteiger partial charge in [-0.2, -0.15) is 0 Å². The van der Waals surface area contributed by atoms with Gasteiger partial charge in [-0.05, 0) is 60.2 Å². The molecular weight excluding hydrogens is 326 g/mol. The number of hydrogen-bond acceptors (Lipinski definition) is 2. The second-order valence-corrected chi connectivity index (χ2v) is 6.45. The number of anilines is 1. The van der Waals surface area contributed by atoms with Crippen molar-refractivity contribution >= 4 is 21.6 Å². The molecular formula is C18H22BrNO. The lowest BCUT2D eigenvalue weighted by molar-refractivity contribution is 0.307. The Bertz CT molecular complexity index is 596. The molecule has 0 aliphatic carbocycles. The molecule has 0 aromatic heterocycles. The largest absolute Gasteiger partial charge is 0.493 e. The highest BCUT2D eigenvalue weighted by Gasteiger charge is 2.08. The standard InChI is InChI=1S/C18H22BrNO/c1-13(2)17-12-15(19)8-9-18(17)21-10-4-6-14-5-3-7-16(20)11-14/h3,5,7-9,11-13H,4,6,10,20H2,1-2H3. The first kappa shape index (κ1) is 15.9. The summed E-state index contributed by atoms with van der Waals surface area (Å²) in [4.78, 5) is 0. The number of ether oxygens (including phenoxy) is 1. The molecule has 2 aromatic rings. The van der Waals surface area contributed by atoms with Gasteiger partial charge in [0.25, 0.3) is 0 Å². The quantitative estimate of drug-likeness (QED) is 0.578. The molecule has 112 valence electrons. The Labute approximate surface area is 135 Å². The Morgan fingerprint density at radius 1 is 1.14 bits per heavy atom. The summed E-state index contributed by atoms with van der Waals surface area (Å²) in [5.41, 5.74) is 9.11. The first-order valence-electron chi connectivity index (χ1n) is 7.33. The van der Waals surface area contributed by atoms with Crippen LogP contribution in [-0.4, -0.2) is 6.61 Å². The maximum absolute atomic E-state index is 5.95. The summed E-state index contributed by atoms with van der Waals surface area (Å²) in [6.07, 6.45) is 1.97. The number of halogens is 1. The molecule has 0 atom stereocenters. The van der Waals surface area contributed by atoms with Crippen LogP contribution in [0.3, 0.4) is 0 Å². The van der Waals surface area contributed by atoms with E-state index in [4.69, 9.17) is 10.5 Å². The van der Waals surface area contributed by atoms with E-state index in [9.17, 15) is 0 Å². The molecule has 0 aliphatic rings. The van der Waals surface area contributed by atoms with Crippen molar-refractivity contribution < 1.29 is 4.74 Å². The Morgan fingerprint density at radius 3 is 2.67 bits per heavy atom. The fourth-order valence-electron chi connectivity index (χ4n) is 2.31. The highest BCUT2D eigenvalue weighted by atomic mass is 79.9. The summed E-state index contributed by atoms with van der Waals surface area (Å²) >= 11 is 3.52. The molecule has 0 unspecified atom stereocenters. The monoisotopic (exact) mass is 347 g/mol. The lowest BCUT2D eigenvalue weighted by atomic mass is 10.0. The molecule has 21 heavy (non-hydrogen) atoms. The minimum Gasteiger partial charge on any atom is -0.493 e. The summed E-state index contributed by atoms with van der Waals surface area (Å²) in [5.74, 6) is 1.44. The Kier molecular flexibility index (Phi) is 5.68. The molecule has 2 N–H and O–H groups in total. The van der Waals surface area contributed by atoms with Gasteiger partial charge in [-0.25, -0.2) is 0 Å². The summed E-state index contributed by atoms with van der Waals surface area (Å²) in [6.45, 7) is 5.08. The third kappa shape index (κ3) is 4.78. The molecule has 0 saturated heterocycles. The highest BCUT2D eigenvalue weighted by molar-refractivity contribution is 9.10. The molecule has 0 saturated carbocycles. The number of nitrogens with two attached hydrogens (primary N) is 1. The van der Waals surface area contributed by atoms with E-state index in [-0.39, 0.29) is 0 Å². The molecule has 0 heterocycles. The second-order valence-electron chi connectivity index (χ2n) is 5.53. The summed E-state index contributed by atoms with van der Waals surface area (Å²) in [6, 6.07) is 14.2. The van der Waals surface area contributed by atoms with Crippen LogP contribution in [0.15, 0.2) is 46.9 Å². The molecule has 2 nitrogen and oxygen atoms in total. The minimum absolute atomic E-state index is 0.450. The topological polar surface area (TPSA) is 35.2 Å². The van der Waals surface area contributed by atoms with Gasteiger partial charge in [0, 0.05) is 10.2 Å². The molecule has 0 bridgehead atoms. The third-order valence-electron chi connectivity index (χ3n) is 3.41. The van der Waals surface area contributed by atoms with Gasteiger partial charge in [-0.3, -0.25) is 0 Å². The maximum Gasteiger partial charge on any atom is 0.122 e. The number of hydrogen-bond donors (Lipinski definition) is 1. The lowest BCUT2D eigenvalue weighted by Crippen LogP contribution is -2.03. The first-order valence-corrected chi connectivity index (χ1v) is 8.12. The normalized spacial score (nSPS) is 10.9. The lowest BCUT2D eigenvalue weighted by Gasteiger charge is -2.14. The van der Waals surface area contributed by atoms with Crippen LogP contribution in [0.2, 0.25) is 0 Å². The molecule has 0 amide bonds. The van der Waals surface area contributed by atoms with Crippen LogP contribution in [0.1, 0.15) is 37.3 Å². The molecule has 0 radical (unpaired) electrons. The number of aryl methyl sites for hydroxylation is 1. The molecule has 0 spiro atoms. The molecule has 0 fully saturated rings. The van der Waals surface area contributed by atoms with Gasteiger partial charge < -0.3 is 10.5 Å². The van der Waals surface area contributed by atoms with Crippen molar-refractivity contribution in [2.45, 2.75) is 32.6 Å². The van der Waals surface area contributed by atoms with E-state index in [1.165, 1.54) is 11.1 Å². The van der Waals surface area contributed by atoms with Crippen LogP contribution in [0, 0.1) is 0 Å². The summed E-state index contributed by atoms with van der Waals surface area (Å²) in [7, 11) is 0. The Morgan fingerprint density at radius 2 is 1.95 bits per heavy atom. The zero-order chi connectivity index (χ0) is 15.2. The Balaban J connectivity index is 1.89. The van der Waals surface area contributed by atoms with Crippen LogP contribution in [0.5, 0.6) is 5.75 Å². The Hall–Kier alpha value is -1.48. The van der Waals surface area contributed by atoms with Gasteiger partial charge in [0.15, 0.2) is 0 Å². The predicted molar refractivity (Wildman–Crippen MR) is 92.9 cm³/mol. The van der Waals surface area contributed by atoms with Crippen LogP contribution >= 0.6 is 15.9 Å². The minimum atomic E-state index is 0.450. The SMILES string of the molecule is CC(C)c1cc(Br)ccc1OCCCc1cccc(N)c1. The van der Waals surface area contributed by atoms with Gasteiger partial charge in [0.2, 0.25) is 0 Å². The van der Waals surface area contributed by atoms with Crippen molar-refractivity contribution in [1.29, 1.82) is 0 Å². The molecule has 2 rings (SSSR count). The van der Waals surface area contributed by atoms with E-state index in [0.29, 0.717) is 5.92 Å². The van der Waals surface area contributed by atoms with E-state index in [2.05, 4.69) is 41.9 Å². The van der Waals surface area contributed by atoms with Crippen LogP contribution < -0.4 is 10.5 Å². The van der Waals surface area contributed by atoms with Crippen molar-refractivity contribution in [3.8, 4) is 5.75 Å². The molecule has 2 aromatic carbocycles. The van der Waals surface area contributed by atoms with Gasteiger partial charge in [-0.15, -0.1) is 0 Å². The maximum atomic E-state index is 5.95. The summed E-state index contributed by atoms with van der Waals surface area (Å²) in [5, 5.41) is 0. The van der Waals surface area contributed by atoms with Crippen LogP contribution in [0.25, 0.3) is 0 Å². The first-order chi connectivity index (χ1) is 10.1. The van der Waals surface area contributed by atoms with E-state index in [0.717, 1.165) is 35.4 Å². The van der Waals surface area contributed by atoms with Crippen molar-refractivity contribution in [1.82, 2.24) is 0 Å². The van der Waals surface area contributed by atoms with E-state index in [1.54, 1.807) is 0 Å². The third-order valence-corrected chi connectivity index (χ3v) is 3.91. The zero-order valence-electron chi connectivity index (χ0n) is 12.6. The van der Waals surface area contributed by atoms with E-state index in [1.807, 2.05) is 30.3 Å². The highest BCUT2D eigenvalue weighted by Crippen LogP contribution is 2.29. The second kappa shape index (κ2) is 7.51.